The largest absolute Gasteiger partial charge is 0.466 e. The summed E-state index contributed by atoms with van der Waals surface area (Å²) in [5.41, 5.74) is -1.00. The van der Waals surface area contributed by atoms with Gasteiger partial charge < -0.3 is 24.4 Å². The molecule has 3 aliphatic heterocycles. The van der Waals surface area contributed by atoms with Crippen LogP contribution in [-0.4, -0.2) is 82.8 Å². The van der Waals surface area contributed by atoms with Crippen LogP contribution in [0, 0.1) is 11.8 Å². The molecule has 32 heavy (non-hydrogen) atoms. The van der Waals surface area contributed by atoms with Crippen molar-refractivity contribution in [3.8, 4) is 0 Å². The topological polar surface area (TPSA) is 96.4 Å². The molecule has 0 aromatic carbocycles. The molecule has 4 aliphatic rings. The number of likely N-dealkylation sites (tertiary alicyclic amines) is 1. The average molecular weight is 449 g/mol. The van der Waals surface area contributed by atoms with Crippen molar-refractivity contribution in [1.29, 1.82) is 0 Å². The Hall–Kier alpha value is -1.93. The van der Waals surface area contributed by atoms with E-state index in [1.54, 1.807) is 17.9 Å². The van der Waals surface area contributed by atoms with Gasteiger partial charge in [-0.2, -0.15) is 0 Å². The Labute approximate surface area is 189 Å². The number of aliphatic hydroxyl groups excluding tert-OH is 1. The monoisotopic (exact) mass is 448 g/mol. The number of aliphatic hydroxyl groups is 1. The number of hydrogen-bond acceptors (Lipinski definition) is 6. The maximum absolute atomic E-state index is 14.1. The standard InChI is InChI=1S/C24H36N2O6/c1-3-13-25(16-9-6-5-7-10-16)22(29)20-24-12-11-17(32-24)18(23(30)31-4-2)19(24)21(28)26(20)14-8-15-27/h3,16-20,27H,1,4-15H2,2H3/t17-,18+,19+,20-,24+/m0/s1. The van der Waals surface area contributed by atoms with Crippen LogP contribution in [0.2, 0.25) is 0 Å². The van der Waals surface area contributed by atoms with Gasteiger partial charge in [-0.05, 0) is 39.0 Å². The van der Waals surface area contributed by atoms with Gasteiger partial charge in [0.15, 0.2) is 0 Å². The van der Waals surface area contributed by atoms with E-state index in [2.05, 4.69) is 6.58 Å². The number of hydrogen-bond donors (Lipinski definition) is 1. The van der Waals surface area contributed by atoms with Crippen LogP contribution >= 0.6 is 0 Å². The van der Waals surface area contributed by atoms with Crippen LogP contribution in [0.25, 0.3) is 0 Å². The second-order valence-electron chi connectivity index (χ2n) is 9.49. The lowest BCUT2D eigenvalue weighted by atomic mass is 9.70. The third-order valence-corrected chi connectivity index (χ3v) is 7.77. The minimum Gasteiger partial charge on any atom is -0.466 e. The van der Waals surface area contributed by atoms with Gasteiger partial charge in [0.1, 0.15) is 11.6 Å². The average Bonchev–Trinajstić information content (AvgIpc) is 3.44. The van der Waals surface area contributed by atoms with Crippen LogP contribution in [0.3, 0.4) is 0 Å². The molecule has 0 radical (unpaired) electrons. The van der Waals surface area contributed by atoms with Gasteiger partial charge in [0.05, 0.1) is 24.5 Å². The highest BCUT2D eigenvalue weighted by molar-refractivity contribution is 5.98. The summed E-state index contributed by atoms with van der Waals surface area (Å²) in [5, 5.41) is 9.43. The van der Waals surface area contributed by atoms with Crippen molar-refractivity contribution in [3.05, 3.63) is 12.7 Å². The molecule has 4 rings (SSSR count). The quantitative estimate of drug-likeness (QED) is 0.426. The summed E-state index contributed by atoms with van der Waals surface area (Å²) in [4.78, 5) is 44.0. The normalized spacial score (nSPS) is 33.9. The van der Waals surface area contributed by atoms with Crippen LogP contribution in [0.4, 0.5) is 0 Å². The SMILES string of the molecule is C=CCN(C(=O)[C@@H]1N(CCCO)C(=O)[C@H]2[C@H](C(=O)OCC)[C@@H]3CC[C@]12O3)C1CCCCC1. The van der Waals surface area contributed by atoms with Crippen molar-refractivity contribution in [2.45, 2.75) is 82.1 Å². The minimum absolute atomic E-state index is 0.0772. The molecular formula is C24H36N2O6. The molecule has 1 N–H and O–H groups in total. The lowest BCUT2D eigenvalue weighted by molar-refractivity contribution is -0.155. The maximum Gasteiger partial charge on any atom is 0.312 e. The minimum atomic E-state index is -1.00. The Kier molecular flexibility index (Phi) is 6.91. The van der Waals surface area contributed by atoms with Crippen LogP contribution in [0.5, 0.6) is 0 Å². The van der Waals surface area contributed by atoms with Gasteiger partial charge in [0.25, 0.3) is 0 Å². The lowest BCUT2D eigenvalue weighted by Crippen LogP contribution is -2.58. The zero-order valence-corrected chi connectivity index (χ0v) is 19.0. The molecule has 8 heteroatoms. The van der Waals surface area contributed by atoms with Crippen LogP contribution in [0.1, 0.15) is 58.3 Å². The fraction of sp³-hybridized carbons (Fsp3) is 0.792. The zero-order chi connectivity index (χ0) is 22.9. The Morgan fingerprint density at radius 3 is 2.72 bits per heavy atom. The van der Waals surface area contributed by atoms with E-state index in [4.69, 9.17) is 9.47 Å². The predicted molar refractivity (Wildman–Crippen MR) is 116 cm³/mol. The highest BCUT2D eigenvalue weighted by atomic mass is 16.6. The second-order valence-corrected chi connectivity index (χ2v) is 9.49. The highest BCUT2D eigenvalue weighted by Crippen LogP contribution is 2.58. The fourth-order valence-corrected chi connectivity index (χ4v) is 6.53. The number of ether oxygens (including phenoxy) is 2. The Balaban J connectivity index is 1.69. The van der Waals surface area contributed by atoms with E-state index in [-0.39, 0.29) is 43.7 Å². The molecule has 178 valence electrons. The lowest BCUT2D eigenvalue weighted by Gasteiger charge is -2.40. The van der Waals surface area contributed by atoms with Crippen molar-refractivity contribution in [1.82, 2.24) is 9.80 Å². The van der Waals surface area contributed by atoms with Gasteiger partial charge in [-0.1, -0.05) is 25.3 Å². The summed E-state index contributed by atoms with van der Waals surface area (Å²) in [6.07, 6.45) is 8.17. The molecule has 3 heterocycles. The summed E-state index contributed by atoms with van der Waals surface area (Å²) in [5.74, 6) is -2.13. The number of nitrogens with zero attached hydrogens (tertiary/aromatic N) is 2. The summed E-state index contributed by atoms with van der Waals surface area (Å²) < 4.78 is 11.7. The Morgan fingerprint density at radius 1 is 1.31 bits per heavy atom. The first-order valence-electron chi connectivity index (χ1n) is 12.2. The van der Waals surface area contributed by atoms with Gasteiger partial charge in [-0.25, -0.2) is 0 Å². The number of rotatable bonds is 9. The summed E-state index contributed by atoms with van der Waals surface area (Å²) in [6.45, 7) is 6.45. The van der Waals surface area contributed by atoms with Crippen LogP contribution in [-0.2, 0) is 23.9 Å². The van der Waals surface area contributed by atoms with Gasteiger partial charge in [-0.3, -0.25) is 14.4 Å². The molecule has 1 spiro atoms. The number of esters is 1. The number of fused-ring (bicyclic) bond motifs is 1. The molecule has 0 unspecified atom stereocenters. The van der Waals surface area contributed by atoms with Gasteiger partial charge >= 0.3 is 5.97 Å². The number of amides is 2. The molecule has 0 aromatic heterocycles. The molecule has 8 nitrogen and oxygen atoms in total. The highest BCUT2D eigenvalue weighted by Gasteiger charge is 2.75. The van der Waals surface area contributed by atoms with E-state index in [1.807, 2.05) is 4.90 Å². The van der Waals surface area contributed by atoms with Crippen molar-refractivity contribution < 1.29 is 29.0 Å². The summed E-state index contributed by atoms with van der Waals surface area (Å²) in [7, 11) is 0. The molecule has 0 aromatic rings. The third-order valence-electron chi connectivity index (χ3n) is 7.77. The van der Waals surface area contributed by atoms with Crippen LogP contribution < -0.4 is 0 Å². The molecule has 2 bridgehead atoms. The molecular weight excluding hydrogens is 412 g/mol. The fourth-order valence-electron chi connectivity index (χ4n) is 6.53. The molecule has 5 atom stereocenters. The van der Waals surface area contributed by atoms with Crippen LogP contribution in [0.15, 0.2) is 12.7 Å². The summed E-state index contributed by atoms with van der Waals surface area (Å²) in [6, 6.07) is -0.656. The Bertz CT molecular complexity index is 751. The maximum atomic E-state index is 14.1. The molecule has 4 fully saturated rings. The van der Waals surface area contributed by atoms with E-state index in [1.165, 1.54) is 6.42 Å². The van der Waals surface area contributed by atoms with Gasteiger partial charge in [0, 0.05) is 25.7 Å². The van der Waals surface area contributed by atoms with Crippen molar-refractivity contribution >= 4 is 17.8 Å². The van der Waals surface area contributed by atoms with E-state index < -0.39 is 29.4 Å². The first kappa shape index (κ1) is 23.2. The van der Waals surface area contributed by atoms with E-state index in [0.717, 1.165) is 25.7 Å². The number of carbonyl (C=O) groups is 3. The predicted octanol–water partition coefficient (Wildman–Crippen LogP) is 1.65. The molecule has 1 aliphatic carbocycles. The van der Waals surface area contributed by atoms with Crippen molar-refractivity contribution in [3.63, 3.8) is 0 Å². The molecule has 2 amide bonds. The molecule has 3 saturated heterocycles. The van der Waals surface area contributed by atoms with E-state index in [0.29, 0.717) is 25.8 Å². The third kappa shape index (κ3) is 3.65. The van der Waals surface area contributed by atoms with Crippen molar-refractivity contribution in [2.75, 3.05) is 26.3 Å². The second kappa shape index (κ2) is 9.51. The van der Waals surface area contributed by atoms with Gasteiger partial charge in [-0.15, -0.1) is 6.58 Å². The van der Waals surface area contributed by atoms with E-state index in [9.17, 15) is 19.5 Å². The van der Waals surface area contributed by atoms with E-state index >= 15 is 0 Å². The first-order valence-corrected chi connectivity index (χ1v) is 12.2. The number of carbonyl (C=O) groups excluding carboxylic acids is 3. The summed E-state index contributed by atoms with van der Waals surface area (Å²) >= 11 is 0. The molecule has 1 saturated carbocycles. The zero-order valence-electron chi connectivity index (χ0n) is 19.0. The van der Waals surface area contributed by atoms with Gasteiger partial charge in [0.2, 0.25) is 11.8 Å². The smallest absolute Gasteiger partial charge is 0.312 e. The van der Waals surface area contributed by atoms with Crippen molar-refractivity contribution in [2.24, 2.45) is 11.8 Å². The Morgan fingerprint density at radius 2 is 2.06 bits per heavy atom. The first-order chi connectivity index (χ1) is 15.5.